The molecule has 4 rings (SSSR count). The Balaban J connectivity index is 1.66. The highest BCUT2D eigenvalue weighted by molar-refractivity contribution is 6.09. The van der Waals surface area contributed by atoms with Crippen molar-refractivity contribution in [3.05, 3.63) is 89.4 Å². The smallest absolute Gasteiger partial charge is 0.214 e. The second kappa shape index (κ2) is 8.68. The van der Waals surface area contributed by atoms with E-state index in [-0.39, 0.29) is 11.8 Å². The second-order valence-electron chi connectivity index (χ2n) is 6.87. The van der Waals surface area contributed by atoms with Gasteiger partial charge in [0.1, 0.15) is 11.5 Å². The zero-order chi connectivity index (χ0) is 20.1. The molecular weight excluding hydrogens is 360 g/mol. The van der Waals surface area contributed by atoms with E-state index < -0.39 is 0 Å². The van der Waals surface area contributed by atoms with Crippen LogP contribution in [-0.4, -0.2) is 35.4 Å². The summed E-state index contributed by atoms with van der Waals surface area (Å²) in [7, 11) is 0. The van der Waals surface area contributed by atoms with E-state index in [1.165, 1.54) is 5.56 Å². The number of nitrogens with one attached hydrogen (secondary N) is 1. The molecule has 0 aliphatic carbocycles. The van der Waals surface area contributed by atoms with Gasteiger partial charge in [-0.25, -0.2) is 4.98 Å². The fraction of sp³-hybridized carbons (Fsp3) is 0.208. The van der Waals surface area contributed by atoms with Crippen LogP contribution in [0, 0.1) is 11.8 Å². The third-order valence-corrected chi connectivity index (χ3v) is 4.98. The number of rotatable bonds is 4. The molecule has 144 valence electrons. The molecule has 0 amide bonds. The van der Waals surface area contributed by atoms with Crippen molar-refractivity contribution in [1.29, 1.82) is 0 Å². The van der Waals surface area contributed by atoms with Crippen LogP contribution in [0.4, 0.5) is 5.82 Å². The monoisotopic (exact) mass is 382 g/mol. The number of aromatic nitrogens is 2. The second-order valence-corrected chi connectivity index (χ2v) is 6.87. The number of carbonyl (C=O) groups excluding carboxylic acids is 1. The van der Waals surface area contributed by atoms with E-state index in [9.17, 15) is 4.79 Å². The number of hydrogen-bond donors (Lipinski definition) is 1. The minimum Gasteiger partial charge on any atom is -0.353 e. The van der Waals surface area contributed by atoms with Gasteiger partial charge in [-0.15, -0.1) is 5.92 Å². The molecular formula is C24H22N4O. The van der Waals surface area contributed by atoms with Crippen LogP contribution < -0.4 is 10.2 Å². The van der Waals surface area contributed by atoms with Gasteiger partial charge < -0.3 is 10.2 Å². The van der Waals surface area contributed by atoms with Crippen LogP contribution in [0.2, 0.25) is 0 Å². The summed E-state index contributed by atoms with van der Waals surface area (Å²) in [5, 5.41) is 3.56. The maximum Gasteiger partial charge on any atom is 0.214 e. The molecule has 3 aromatic rings. The molecule has 1 fully saturated rings. The summed E-state index contributed by atoms with van der Waals surface area (Å²) in [6, 6.07) is 18.0. The van der Waals surface area contributed by atoms with Gasteiger partial charge in [0.15, 0.2) is 0 Å². The van der Waals surface area contributed by atoms with Crippen LogP contribution in [-0.2, 0) is 0 Å². The maximum atomic E-state index is 13.1. The van der Waals surface area contributed by atoms with Crippen molar-refractivity contribution in [3.63, 3.8) is 0 Å². The fourth-order valence-corrected chi connectivity index (χ4v) is 3.53. The lowest BCUT2D eigenvalue weighted by atomic mass is 10.0. The molecule has 0 radical (unpaired) electrons. The van der Waals surface area contributed by atoms with Crippen LogP contribution in [0.3, 0.4) is 0 Å². The van der Waals surface area contributed by atoms with Crippen molar-refractivity contribution in [1.82, 2.24) is 15.3 Å². The summed E-state index contributed by atoms with van der Waals surface area (Å²) in [5.74, 6) is 6.52. The molecule has 1 N–H and O–H groups in total. The topological polar surface area (TPSA) is 58.1 Å². The fourth-order valence-electron chi connectivity index (χ4n) is 3.53. The van der Waals surface area contributed by atoms with Crippen LogP contribution in [0.25, 0.3) is 0 Å². The average Bonchev–Trinajstić information content (AvgIpc) is 2.80. The Kier molecular flexibility index (Phi) is 5.64. The number of ketones is 1. The Hall–Kier alpha value is -3.49. The van der Waals surface area contributed by atoms with Gasteiger partial charge in [-0.1, -0.05) is 36.3 Å². The highest BCUT2D eigenvalue weighted by Gasteiger charge is 2.23. The van der Waals surface area contributed by atoms with Gasteiger partial charge in [0.2, 0.25) is 5.78 Å². The molecule has 0 saturated carbocycles. The van der Waals surface area contributed by atoms with Crippen LogP contribution in [0.15, 0.2) is 67.0 Å². The van der Waals surface area contributed by atoms with E-state index in [0.717, 1.165) is 25.5 Å². The molecule has 1 saturated heterocycles. The molecule has 0 spiro atoms. The molecule has 1 aromatic carbocycles. The van der Waals surface area contributed by atoms with Crippen molar-refractivity contribution in [2.45, 2.75) is 13.0 Å². The van der Waals surface area contributed by atoms with Crippen LogP contribution in [0.5, 0.6) is 0 Å². The predicted molar refractivity (Wildman–Crippen MR) is 114 cm³/mol. The SMILES string of the molecule is CC#Cc1ccc(N2CCNC(c3ccccc3)C2)nc1C(=O)c1cccnc1. The van der Waals surface area contributed by atoms with Gasteiger partial charge in [-0.3, -0.25) is 9.78 Å². The average molecular weight is 382 g/mol. The van der Waals surface area contributed by atoms with E-state index >= 15 is 0 Å². The molecule has 1 aliphatic rings. The highest BCUT2D eigenvalue weighted by atomic mass is 16.1. The van der Waals surface area contributed by atoms with Crippen molar-refractivity contribution < 1.29 is 4.79 Å². The Labute approximate surface area is 170 Å². The number of pyridine rings is 2. The van der Waals surface area contributed by atoms with E-state index in [4.69, 9.17) is 4.98 Å². The molecule has 1 unspecified atom stereocenters. The Bertz CT molecular complexity index is 1050. The first kappa shape index (κ1) is 18.9. The summed E-state index contributed by atoms with van der Waals surface area (Å²) in [6.45, 7) is 4.22. The number of hydrogen-bond acceptors (Lipinski definition) is 5. The molecule has 3 heterocycles. The minimum atomic E-state index is -0.160. The Morgan fingerprint density at radius 2 is 2.00 bits per heavy atom. The van der Waals surface area contributed by atoms with E-state index in [0.29, 0.717) is 16.8 Å². The van der Waals surface area contributed by atoms with Crippen molar-refractivity contribution >= 4 is 11.6 Å². The lowest BCUT2D eigenvalue weighted by Crippen LogP contribution is -2.46. The van der Waals surface area contributed by atoms with Crippen molar-refractivity contribution in [3.8, 4) is 11.8 Å². The molecule has 29 heavy (non-hydrogen) atoms. The first-order valence-electron chi connectivity index (χ1n) is 9.68. The minimum absolute atomic E-state index is 0.160. The van der Waals surface area contributed by atoms with Crippen LogP contribution in [0.1, 0.15) is 40.1 Å². The first-order chi connectivity index (χ1) is 14.3. The van der Waals surface area contributed by atoms with Gasteiger partial charge in [0.25, 0.3) is 0 Å². The summed E-state index contributed by atoms with van der Waals surface area (Å²) in [6.07, 6.45) is 3.22. The first-order valence-corrected chi connectivity index (χ1v) is 9.68. The third kappa shape index (κ3) is 4.18. The molecule has 5 nitrogen and oxygen atoms in total. The normalized spacial score (nSPS) is 16.0. The summed E-state index contributed by atoms with van der Waals surface area (Å²) < 4.78 is 0. The summed E-state index contributed by atoms with van der Waals surface area (Å²) >= 11 is 0. The van der Waals surface area contributed by atoms with Gasteiger partial charge in [0.05, 0.1) is 5.56 Å². The highest BCUT2D eigenvalue weighted by Crippen LogP contribution is 2.23. The molecule has 5 heteroatoms. The summed E-state index contributed by atoms with van der Waals surface area (Å²) in [4.78, 5) is 24.1. The molecule has 1 aliphatic heterocycles. The van der Waals surface area contributed by atoms with E-state index in [1.54, 1.807) is 31.5 Å². The quantitative estimate of drug-likeness (QED) is 0.555. The molecule has 0 bridgehead atoms. The Morgan fingerprint density at radius 1 is 1.14 bits per heavy atom. The van der Waals surface area contributed by atoms with E-state index in [2.05, 4.69) is 51.3 Å². The number of nitrogens with zero attached hydrogens (tertiary/aromatic N) is 3. The molecule has 2 aromatic heterocycles. The van der Waals surface area contributed by atoms with Crippen molar-refractivity contribution in [2.75, 3.05) is 24.5 Å². The summed E-state index contributed by atoms with van der Waals surface area (Å²) in [5.41, 5.74) is 2.77. The Morgan fingerprint density at radius 3 is 2.76 bits per heavy atom. The molecule has 1 atom stereocenters. The van der Waals surface area contributed by atoms with Gasteiger partial charge in [-0.2, -0.15) is 0 Å². The number of anilines is 1. The zero-order valence-electron chi connectivity index (χ0n) is 16.3. The van der Waals surface area contributed by atoms with Crippen molar-refractivity contribution in [2.24, 2.45) is 0 Å². The number of carbonyl (C=O) groups is 1. The van der Waals surface area contributed by atoms with E-state index in [1.807, 2.05) is 18.2 Å². The van der Waals surface area contributed by atoms with Gasteiger partial charge in [-0.05, 0) is 36.8 Å². The largest absolute Gasteiger partial charge is 0.353 e. The zero-order valence-corrected chi connectivity index (χ0v) is 16.3. The predicted octanol–water partition coefficient (Wildman–Crippen LogP) is 3.23. The number of piperazine rings is 1. The number of benzene rings is 1. The van der Waals surface area contributed by atoms with Gasteiger partial charge in [0, 0.05) is 43.6 Å². The van der Waals surface area contributed by atoms with Crippen LogP contribution >= 0.6 is 0 Å². The lowest BCUT2D eigenvalue weighted by Gasteiger charge is -2.35. The lowest BCUT2D eigenvalue weighted by molar-refractivity contribution is 0.103. The third-order valence-electron chi connectivity index (χ3n) is 4.98. The standard InChI is InChI=1S/C24H22N4O/c1-2-7-19-11-12-22(27-23(19)24(29)20-10-6-13-25-16-20)28-15-14-26-21(17-28)18-8-4-3-5-9-18/h3-6,8-13,16,21,26H,14-15,17H2,1H3. The van der Waals surface area contributed by atoms with Gasteiger partial charge >= 0.3 is 0 Å². The maximum absolute atomic E-state index is 13.1.